The molecule has 2 heterocycles. The molecule has 3 heteroatoms. The van der Waals surface area contributed by atoms with E-state index >= 15 is 0 Å². The number of benzene rings is 1. The molecule has 2 aromatic rings. The van der Waals surface area contributed by atoms with E-state index in [-0.39, 0.29) is 0 Å². The number of hydrogen-bond donors (Lipinski definition) is 0. The van der Waals surface area contributed by atoms with Crippen LogP contribution in [0, 0.1) is 0 Å². The minimum atomic E-state index is 0.858. The molecule has 1 aliphatic rings. The van der Waals surface area contributed by atoms with Gasteiger partial charge in [0.25, 0.3) is 0 Å². The second-order valence-corrected chi connectivity index (χ2v) is 3.64. The minimum absolute atomic E-state index is 0.858. The van der Waals surface area contributed by atoms with Crippen molar-refractivity contribution in [3.05, 3.63) is 48.3 Å². The number of aromatic nitrogens is 3. The fraction of sp³-hybridized carbons (Fsp3) is 0.167. The number of nitrogens with zero attached hydrogens (tertiary/aromatic N) is 3. The van der Waals surface area contributed by atoms with Crippen LogP contribution in [0.15, 0.2) is 42.7 Å². The lowest BCUT2D eigenvalue weighted by Crippen LogP contribution is -2.02. The Balaban J connectivity index is 2.26. The predicted octanol–water partition coefficient (Wildman–Crippen LogP) is 2.06. The summed E-state index contributed by atoms with van der Waals surface area (Å²) in [4.78, 5) is 0. The first-order valence-electron chi connectivity index (χ1n) is 5.06. The van der Waals surface area contributed by atoms with Gasteiger partial charge in [0.15, 0.2) is 5.82 Å². The summed E-state index contributed by atoms with van der Waals surface area (Å²) in [5, 5.41) is 8.14. The highest BCUT2D eigenvalue weighted by Crippen LogP contribution is 2.23. The molecule has 1 aliphatic heterocycles. The molecule has 3 nitrogen and oxygen atoms in total. The van der Waals surface area contributed by atoms with Crippen molar-refractivity contribution in [2.75, 3.05) is 0 Å². The Hall–Kier alpha value is -1.90. The van der Waals surface area contributed by atoms with E-state index in [1.807, 2.05) is 6.07 Å². The summed E-state index contributed by atoms with van der Waals surface area (Å²) in [6.45, 7) is 0.858. The van der Waals surface area contributed by atoms with E-state index in [4.69, 9.17) is 0 Å². The first kappa shape index (κ1) is 8.41. The van der Waals surface area contributed by atoms with Crippen molar-refractivity contribution >= 4 is 0 Å². The van der Waals surface area contributed by atoms with E-state index in [2.05, 4.69) is 45.1 Å². The highest BCUT2D eigenvalue weighted by atomic mass is 15.3. The third-order valence-corrected chi connectivity index (χ3v) is 2.68. The molecule has 74 valence electrons. The molecule has 0 fully saturated rings. The SMILES string of the molecule is C1=CCn2cnnc2-c2ccccc2C1. The molecule has 0 radical (unpaired) electrons. The smallest absolute Gasteiger partial charge is 0.164 e. The lowest BCUT2D eigenvalue weighted by atomic mass is 10.0. The molecule has 0 unspecified atom stereocenters. The number of rotatable bonds is 0. The second kappa shape index (κ2) is 3.35. The van der Waals surface area contributed by atoms with Gasteiger partial charge in [-0.25, -0.2) is 0 Å². The van der Waals surface area contributed by atoms with Crippen LogP contribution >= 0.6 is 0 Å². The van der Waals surface area contributed by atoms with Crippen molar-refractivity contribution < 1.29 is 0 Å². The van der Waals surface area contributed by atoms with Crippen LogP contribution in [0.25, 0.3) is 11.4 Å². The van der Waals surface area contributed by atoms with Crippen LogP contribution in [-0.4, -0.2) is 14.8 Å². The largest absolute Gasteiger partial charge is 0.310 e. The molecule has 0 saturated carbocycles. The van der Waals surface area contributed by atoms with Crippen LogP contribution < -0.4 is 0 Å². The average Bonchev–Trinajstić information content (AvgIpc) is 2.69. The third kappa shape index (κ3) is 1.36. The molecule has 1 aromatic heterocycles. The van der Waals surface area contributed by atoms with Crippen LogP contribution in [0.4, 0.5) is 0 Å². The number of hydrogen-bond acceptors (Lipinski definition) is 2. The highest BCUT2D eigenvalue weighted by molar-refractivity contribution is 5.61. The van der Waals surface area contributed by atoms with E-state index in [0.717, 1.165) is 18.8 Å². The molecular formula is C12H11N3. The number of fused-ring (bicyclic) bond motifs is 3. The summed E-state index contributed by atoms with van der Waals surface area (Å²) in [5.41, 5.74) is 2.50. The van der Waals surface area contributed by atoms with Crippen molar-refractivity contribution in [2.45, 2.75) is 13.0 Å². The first-order valence-corrected chi connectivity index (χ1v) is 5.06. The van der Waals surface area contributed by atoms with E-state index in [0.29, 0.717) is 0 Å². The van der Waals surface area contributed by atoms with Gasteiger partial charge in [0.05, 0.1) is 0 Å². The van der Waals surface area contributed by atoms with Crippen LogP contribution in [-0.2, 0) is 13.0 Å². The molecule has 3 rings (SSSR count). The molecule has 0 N–H and O–H groups in total. The Kier molecular flexibility index (Phi) is 1.88. The lowest BCUT2D eigenvalue weighted by Gasteiger charge is -2.10. The maximum absolute atomic E-state index is 4.18. The summed E-state index contributed by atoms with van der Waals surface area (Å²) in [6, 6.07) is 8.36. The van der Waals surface area contributed by atoms with E-state index in [1.165, 1.54) is 11.1 Å². The van der Waals surface area contributed by atoms with Gasteiger partial charge >= 0.3 is 0 Å². The fourth-order valence-electron chi connectivity index (χ4n) is 1.91. The Morgan fingerprint density at radius 3 is 3.07 bits per heavy atom. The molecule has 0 aliphatic carbocycles. The Morgan fingerprint density at radius 1 is 1.13 bits per heavy atom. The molecule has 0 atom stereocenters. The Labute approximate surface area is 88.1 Å². The predicted molar refractivity (Wildman–Crippen MR) is 58.3 cm³/mol. The Morgan fingerprint density at radius 2 is 2.07 bits per heavy atom. The second-order valence-electron chi connectivity index (χ2n) is 3.64. The first-order chi connectivity index (χ1) is 7.45. The van der Waals surface area contributed by atoms with Crippen molar-refractivity contribution in [2.24, 2.45) is 0 Å². The van der Waals surface area contributed by atoms with Gasteiger partial charge in [0.2, 0.25) is 0 Å². The van der Waals surface area contributed by atoms with E-state index in [1.54, 1.807) is 6.33 Å². The average molecular weight is 197 g/mol. The maximum atomic E-state index is 4.18. The molecular weight excluding hydrogens is 186 g/mol. The van der Waals surface area contributed by atoms with Gasteiger partial charge in [0, 0.05) is 12.1 Å². The third-order valence-electron chi connectivity index (χ3n) is 2.68. The van der Waals surface area contributed by atoms with Gasteiger partial charge in [-0.15, -0.1) is 10.2 Å². The standard InChI is InChI=1S/C12H11N3/c1-2-7-11-10(5-1)6-3-4-8-15-9-13-14-12(11)15/h1-5,7,9H,6,8H2. The Bertz CT molecular complexity index is 511. The summed E-state index contributed by atoms with van der Waals surface area (Å²) in [7, 11) is 0. The lowest BCUT2D eigenvalue weighted by molar-refractivity contribution is 0.818. The summed E-state index contributed by atoms with van der Waals surface area (Å²) in [6.07, 6.45) is 7.11. The summed E-state index contributed by atoms with van der Waals surface area (Å²) in [5.74, 6) is 0.968. The minimum Gasteiger partial charge on any atom is -0.310 e. The number of allylic oxidation sites excluding steroid dienone is 2. The van der Waals surface area contributed by atoms with E-state index in [9.17, 15) is 0 Å². The molecule has 15 heavy (non-hydrogen) atoms. The molecule has 1 aromatic carbocycles. The summed E-state index contributed by atoms with van der Waals surface area (Å²) < 4.78 is 2.06. The molecule has 0 bridgehead atoms. The highest BCUT2D eigenvalue weighted by Gasteiger charge is 2.11. The van der Waals surface area contributed by atoms with Crippen LogP contribution in [0.3, 0.4) is 0 Å². The summed E-state index contributed by atoms with van der Waals surface area (Å²) >= 11 is 0. The zero-order valence-corrected chi connectivity index (χ0v) is 8.30. The van der Waals surface area contributed by atoms with Gasteiger partial charge in [-0.05, 0) is 12.0 Å². The van der Waals surface area contributed by atoms with Gasteiger partial charge in [0.1, 0.15) is 6.33 Å². The topological polar surface area (TPSA) is 30.7 Å². The molecule has 0 amide bonds. The molecule has 0 spiro atoms. The van der Waals surface area contributed by atoms with Crippen molar-refractivity contribution in [3.63, 3.8) is 0 Å². The van der Waals surface area contributed by atoms with Gasteiger partial charge in [-0.2, -0.15) is 0 Å². The zero-order valence-electron chi connectivity index (χ0n) is 8.30. The maximum Gasteiger partial charge on any atom is 0.164 e. The van der Waals surface area contributed by atoms with Crippen LogP contribution in [0.1, 0.15) is 5.56 Å². The fourth-order valence-corrected chi connectivity index (χ4v) is 1.91. The van der Waals surface area contributed by atoms with Gasteiger partial charge < -0.3 is 4.57 Å². The normalized spacial score (nSPS) is 13.9. The quantitative estimate of drug-likeness (QED) is 0.605. The zero-order chi connectivity index (χ0) is 10.1. The van der Waals surface area contributed by atoms with Crippen molar-refractivity contribution in [1.29, 1.82) is 0 Å². The van der Waals surface area contributed by atoms with Crippen LogP contribution in [0.2, 0.25) is 0 Å². The molecule has 0 saturated heterocycles. The van der Waals surface area contributed by atoms with Crippen molar-refractivity contribution in [1.82, 2.24) is 14.8 Å². The van der Waals surface area contributed by atoms with Crippen LogP contribution in [0.5, 0.6) is 0 Å². The van der Waals surface area contributed by atoms with Gasteiger partial charge in [-0.3, -0.25) is 0 Å². The monoisotopic (exact) mass is 197 g/mol. The van der Waals surface area contributed by atoms with E-state index < -0.39 is 0 Å². The van der Waals surface area contributed by atoms with Crippen molar-refractivity contribution in [3.8, 4) is 11.4 Å². The van der Waals surface area contributed by atoms with Gasteiger partial charge in [-0.1, -0.05) is 36.4 Å².